The molecule has 1 amide bonds. The summed E-state index contributed by atoms with van der Waals surface area (Å²) < 4.78 is 5.91. The van der Waals surface area contributed by atoms with Crippen molar-refractivity contribution in [3.8, 4) is 0 Å². The van der Waals surface area contributed by atoms with Crippen molar-refractivity contribution >= 4 is 23.1 Å². The number of piperidine rings is 1. The zero-order chi connectivity index (χ0) is 26.6. The van der Waals surface area contributed by atoms with Crippen LogP contribution in [0.5, 0.6) is 0 Å². The zero-order valence-electron chi connectivity index (χ0n) is 22.9. The average Bonchev–Trinajstić information content (AvgIpc) is 3.22. The van der Waals surface area contributed by atoms with Crippen LogP contribution in [0.4, 0.5) is 11.4 Å². The minimum atomic E-state index is -0.489. The molecule has 37 heavy (non-hydrogen) atoms. The molecule has 1 atom stereocenters. The molecule has 2 aliphatic heterocycles. The van der Waals surface area contributed by atoms with Gasteiger partial charge >= 0.3 is 0 Å². The van der Waals surface area contributed by atoms with Crippen LogP contribution in [0, 0.1) is 5.41 Å². The lowest BCUT2D eigenvalue weighted by molar-refractivity contribution is -0.121. The van der Waals surface area contributed by atoms with Crippen LogP contribution in [0.1, 0.15) is 79.0 Å². The van der Waals surface area contributed by atoms with Crippen molar-refractivity contribution in [2.24, 2.45) is 5.41 Å². The molecule has 3 aliphatic rings. The second-order valence-corrected chi connectivity index (χ2v) is 13.1. The lowest BCUT2D eigenvalue weighted by atomic mass is 9.74. The number of hydrogen-bond acceptors (Lipinski definition) is 6. The Labute approximate surface area is 220 Å². The third kappa shape index (κ3) is 5.33. The predicted molar refractivity (Wildman–Crippen MR) is 146 cm³/mol. The number of carbonyl (C=O) groups is 2. The van der Waals surface area contributed by atoms with Crippen molar-refractivity contribution in [3.63, 3.8) is 0 Å². The van der Waals surface area contributed by atoms with Gasteiger partial charge in [0.05, 0.1) is 24.2 Å². The third-order valence-electron chi connectivity index (χ3n) is 7.69. The Kier molecular flexibility index (Phi) is 6.26. The number of amides is 1. The molecule has 2 aromatic rings. The molecular weight excluding hydrogens is 464 g/mol. The van der Waals surface area contributed by atoms with Crippen molar-refractivity contribution in [2.75, 3.05) is 16.8 Å². The molecule has 0 saturated carbocycles. The van der Waals surface area contributed by atoms with E-state index in [1.165, 1.54) is 0 Å². The van der Waals surface area contributed by atoms with Gasteiger partial charge in [-0.15, -0.1) is 0 Å². The van der Waals surface area contributed by atoms with E-state index in [4.69, 9.17) is 4.42 Å². The maximum absolute atomic E-state index is 13.7. The van der Waals surface area contributed by atoms with E-state index in [-0.39, 0.29) is 40.8 Å². The summed E-state index contributed by atoms with van der Waals surface area (Å²) in [6, 6.07) is 11.3. The molecule has 1 aromatic heterocycles. The number of para-hydroxylation sites is 2. The summed E-state index contributed by atoms with van der Waals surface area (Å²) in [5.74, 6) is 0.703. The molecule has 5 rings (SSSR count). The maximum atomic E-state index is 13.7. The van der Waals surface area contributed by atoms with Gasteiger partial charge in [0.2, 0.25) is 5.91 Å². The van der Waals surface area contributed by atoms with Crippen molar-refractivity contribution in [3.05, 3.63) is 59.7 Å². The molecule has 3 heterocycles. The highest BCUT2D eigenvalue weighted by molar-refractivity contribution is 6.01. The molecule has 0 spiro atoms. The number of allylic oxidation sites excluding steroid dienone is 1. The first-order valence-corrected chi connectivity index (χ1v) is 13.3. The largest absolute Gasteiger partial charge is 0.467 e. The number of Topliss-reactive ketones (excluding diaryl/α,β-unsaturated/α-hetero) is 1. The number of anilines is 2. The Hall–Kier alpha value is -3.06. The van der Waals surface area contributed by atoms with Gasteiger partial charge in [0, 0.05) is 34.8 Å². The summed E-state index contributed by atoms with van der Waals surface area (Å²) in [6.07, 6.45) is 4.54. The topological polar surface area (TPSA) is 86.6 Å². The number of ketones is 1. The van der Waals surface area contributed by atoms with E-state index in [0.717, 1.165) is 36.3 Å². The van der Waals surface area contributed by atoms with Crippen LogP contribution >= 0.6 is 0 Å². The van der Waals surface area contributed by atoms with Gasteiger partial charge in [-0.25, -0.2) is 0 Å². The third-order valence-corrected chi connectivity index (χ3v) is 7.69. The van der Waals surface area contributed by atoms with E-state index >= 15 is 0 Å². The summed E-state index contributed by atoms with van der Waals surface area (Å²) in [4.78, 5) is 29.4. The van der Waals surface area contributed by atoms with Crippen LogP contribution in [0.3, 0.4) is 0 Å². The van der Waals surface area contributed by atoms with Gasteiger partial charge in [0.25, 0.3) is 0 Å². The average molecular weight is 505 g/mol. The molecule has 7 heteroatoms. The van der Waals surface area contributed by atoms with E-state index < -0.39 is 6.04 Å². The van der Waals surface area contributed by atoms with Crippen molar-refractivity contribution in [1.82, 2.24) is 10.6 Å². The normalized spacial score (nSPS) is 24.5. The fourth-order valence-electron chi connectivity index (χ4n) is 6.82. The van der Waals surface area contributed by atoms with Gasteiger partial charge in [0.15, 0.2) is 5.78 Å². The van der Waals surface area contributed by atoms with Crippen LogP contribution in [0.2, 0.25) is 0 Å². The Bertz CT molecular complexity index is 1210. The number of rotatable bonds is 4. The highest BCUT2D eigenvalue weighted by Gasteiger charge is 2.43. The quantitative estimate of drug-likeness (QED) is 0.522. The van der Waals surface area contributed by atoms with Gasteiger partial charge in [-0.1, -0.05) is 26.0 Å². The first kappa shape index (κ1) is 25.6. The van der Waals surface area contributed by atoms with Gasteiger partial charge in [-0.05, 0) is 76.6 Å². The summed E-state index contributed by atoms with van der Waals surface area (Å²) in [7, 11) is 0. The Balaban J connectivity index is 1.52. The van der Waals surface area contributed by atoms with Crippen LogP contribution in [0.25, 0.3) is 0 Å². The van der Waals surface area contributed by atoms with Gasteiger partial charge in [-0.2, -0.15) is 0 Å². The standard InChI is InChI=1S/C30H40N4O3/c1-28(2)16-21-26(23(35)17-28)27(24-12-9-13-37-24)34(22-11-8-7-10-20(22)32-21)18-25(36)31-19-14-29(3,4)33-30(5,6)15-19/h7-13,19,27,32-33H,14-18H2,1-6H3,(H,31,36). The lowest BCUT2D eigenvalue weighted by Gasteiger charge is -2.46. The highest BCUT2D eigenvalue weighted by atomic mass is 16.3. The number of benzene rings is 1. The summed E-state index contributed by atoms with van der Waals surface area (Å²) >= 11 is 0. The highest BCUT2D eigenvalue weighted by Crippen LogP contribution is 2.48. The van der Waals surface area contributed by atoms with Crippen molar-refractivity contribution in [2.45, 2.75) is 90.4 Å². The summed E-state index contributed by atoms with van der Waals surface area (Å²) in [6.45, 7) is 13.1. The minimum absolute atomic E-state index is 0.0579. The molecule has 1 saturated heterocycles. The van der Waals surface area contributed by atoms with Gasteiger partial charge in [0.1, 0.15) is 11.8 Å². The summed E-state index contributed by atoms with van der Waals surface area (Å²) in [5, 5.41) is 10.6. The van der Waals surface area contributed by atoms with Crippen molar-refractivity contribution < 1.29 is 14.0 Å². The molecule has 7 nitrogen and oxygen atoms in total. The second-order valence-electron chi connectivity index (χ2n) is 13.1. The lowest BCUT2D eigenvalue weighted by Crippen LogP contribution is -2.62. The van der Waals surface area contributed by atoms with E-state index in [1.54, 1.807) is 6.26 Å². The summed E-state index contributed by atoms with van der Waals surface area (Å²) in [5.41, 5.74) is 3.10. The minimum Gasteiger partial charge on any atom is -0.467 e. The Morgan fingerprint density at radius 2 is 1.73 bits per heavy atom. The van der Waals surface area contributed by atoms with Crippen LogP contribution in [-0.4, -0.2) is 35.4 Å². The smallest absolute Gasteiger partial charge is 0.239 e. The first-order chi connectivity index (χ1) is 17.3. The number of fused-ring (bicyclic) bond motifs is 1. The fraction of sp³-hybridized carbons (Fsp3) is 0.533. The predicted octanol–water partition coefficient (Wildman–Crippen LogP) is 5.32. The zero-order valence-corrected chi connectivity index (χ0v) is 22.9. The number of carbonyl (C=O) groups excluding carboxylic acids is 2. The molecule has 1 unspecified atom stereocenters. The number of nitrogens with zero attached hydrogens (tertiary/aromatic N) is 1. The van der Waals surface area contributed by atoms with Crippen LogP contribution in [0.15, 0.2) is 58.3 Å². The Morgan fingerprint density at radius 1 is 1.03 bits per heavy atom. The molecule has 3 N–H and O–H groups in total. The SMILES string of the molecule is CC1(C)CC(=O)C2=C(C1)Nc1ccccc1N(CC(=O)NC1CC(C)(C)NC(C)(C)C1)C2c1ccco1. The van der Waals surface area contributed by atoms with Crippen LogP contribution in [-0.2, 0) is 9.59 Å². The fourth-order valence-corrected chi connectivity index (χ4v) is 6.82. The maximum Gasteiger partial charge on any atom is 0.239 e. The molecule has 1 aromatic carbocycles. The van der Waals surface area contributed by atoms with E-state index in [1.807, 2.05) is 41.3 Å². The number of nitrogens with one attached hydrogen (secondary N) is 3. The molecule has 198 valence electrons. The molecule has 1 aliphatic carbocycles. The second kappa shape index (κ2) is 9.05. The van der Waals surface area contributed by atoms with E-state index in [2.05, 4.69) is 57.5 Å². The molecule has 0 radical (unpaired) electrons. The van der Waals surface area contributed by atoms with E-state index in [9.17, 15) is 9.59 Å². The molecular formula is C30H40N4O3. The first-order valence-electron chi connectivity index (χ1n) is 13.3. The number of hydrogen-bond donors (Lipinski definition) is 3. The Morgan fingerprint density at radius 3 is 2.41 bits per heavy atom. The van der Waals surface area contributed by atoms with Crippen molar-refractivity contribution in [1.29, 1.82) is 0 Å². The van der Waals surface area contributed by atoms with Gasteiger partial charge in [-0.3, -0.25) is 9.59 Å². The van der Waals surface area contributed by atoms with Crippen LogP contribution < -0.4 is 20.9 Å². The number of furan rings is 1. The van der Waals surface area contributed by atoms with E-state index in [0.29, 0.717) is 17.8 Å². The monoisotopic (exact) mass is 504 g/mol. The van der Waals surface area contributed by atoms with Gasteiger partial charge < -0.3 is 25.3 Å². The molecule has 0 bridgehead atoms. The molecule has 1 fully saturated rings.